The summed E-state index contributed by atoms with van der Waals surface area (Å²) < 4.78 is 0. The quantitative estimate of drug-likeness (QED) is 0.787. The van der Waals surface area contributed by atoms with E-state index in [0.29, 0.717) is 5.69 Å². The van der Waals surface area contributed by atoms with E-state index >= 15 is 0 Å². The third kappa shape index (κ3) is 1.82. The van der Waals surface area contributed by atoms with Crippen LogP contribution in [0, 0.1) is 12.3 Å². The Morgan fingerprint density at radius 1 is 1.50 bits per heavy atom. The molecule has 14 heavy (non-hydrogen) atoms. The zero-order chi connectivity index (χ0) is 11.0. The van der Waals surface area contributed by atoms with Gasteiger partial charge in [0.25, 0.3) is 0 Å². The number of nitrogens with two attached hydrogens (primary N) is 1. The lowest BCUT2D eigenvalue weighted by molar-refractivity contribution is -0.0588. The van der Waals surface area contributed by atoms with Crippen LogP contribution in [0.25, 0.3) is 0 Å². The molecule has 0 saturated heterocycles. The van der Waals surface area contributed by atoms with Gasteiger partial charge in [0, 0.05) is 11.9 Å². The second-order valence-corrected chi connectivity index (χ2v) is 5.63. The normalized spacial score (nSPS) is 16.7. The van der Waals surface area contributed by atoms with Crippen LogP contribution in [0.3, 0.4) is 0 Å². The van der Waals surface area contributed by atoms with Gasteiger partial charge < -0.3 is 10.8 Å². The van der Waals surface area contributed by atoms with Gasteiger partial charge in [0.1, 0.15) is 5.60 Å². The van der Waals surface area contributed by atoms with Gasteiger partial charge >= 0.3 is 0 Å². The minimum absolute atomic E-state index is 0.194. The van der Waals surface area contributed by atoms with Gasteiger partial charge in [0.05, 0.1) is 10.7 Å². The monoisotopic (exact) mass is 214 g/mol. The molecule has 0 aliphatic rings. The zero-order valence-corrected chi connectivity index (χ0v) is 9.98. The number of hydrogen-bond acceptors (Lipinski definition) is 4. The van der Waals surface area contributed by atoms with E-state index in [2.05, 4.69) is 4.98 Å². The maximum absolute atomic E-state index is 10.5. The number of hydrogen-bond donors (Lipinski definition) is 2. The zero-order valence-electron chi connectivity index (χ0n) is 9.16. The third-order valence-electron chi connectivity index (χ3n) is 2.58. The lowest BCUT2D eigenvalue weighted by Gasteiger charge is -2.38. The summed E-state index contributed by atoms with van der Waals surface area (Å²) in [4.78, 5) is 4.31. The molecule has 0 amide bonds. The molecule has 1 rings (SSSR count). The number of aliphatic hydroxyl groups is 1. The molecular formula is C10H18N2OS. The first-order valence-corrected chi connectivity index (χ1v) is 5.54. The van der Waals surface area contributed by atoms with Gasteiger partial charge in [-0.1, -0.05) is 20.8 Å². The molecule has 80 valence electrons. The predicted molar refractivity (Wildman–Crippen MR) is 59.3 cm³/mol. The number of nitrogens with zero attached hydrogens (tertiary/aromatic N) is 1. The summed E-state index contributed by atoms with van der Waals surface area (Å²) in [6, 6.07) is 0. The van der Waals surface area contributed by atoms with Crippen molar-refractivity contribution in [1.29, 1.82) is 0 Å². The molecule has 1 heterocycles. The third-order valence-corrected chi connectivity index (χ3v) is 3.35. The largest absolute Gasteiger partial charge is 0.382 e. The molecule has 0 bridgehead atoms. The van der Waals surface area contributed by atoms with E-state index in [4.69, 9.17) is 5.73 Å². The van der Waals surface area contributed by atoms with Crippen molar-refractivity contribution >= 4 is 11.3 Å². The van der Waals surface area contributed by atoms with E-state index in [-0.39, 0.29) is 12.0 Å². The van der Waals surface area contributed by atoms with Gasteiger partial charge in [-0.05, 0) is 12.3 Å². The Kier molecular flexibility index (Phi) is 2.99. The maximum atomic E-state index is 10.5. The molecule has 0 radical (unpaired) electrons. The minimum Gasteiger partial charge on any atom is -0.382 e. The van der Waals surface area contributed by atoms with Crippen LogP contribution >= 0.6 is 11.3 Å². The molecule has 1 aromatic rings. The lowest BCUT2D eigenvalue weighted by atomic mass is 9.75. The molecule has 1 aromatic heterocycles. The fourth-order valence-electron chi connectivity index (χ4n) is 1.35. The maximum Gasteiger partial charge on any atom is 0.124 e. The molecular weight excluding hydrogens is 196 g/mol. The Bertz CT molecular complexity index is 316. The van der Waals surface area contributed by atoms with Gasteiger partial charge in [-0.15, -0.1) is 11.3 Å². The standard InChI is InChI=1S/C10H18N2OS/c1-7-12-8(5-14-7)10(13,6-11)9(2,3)4/h5,13H,6,11H2,1-4H3. The van der Waals surface area contributed by atoms with Gasteiger partial charge in [0.2, 0.25) is 0 Å². The first kappa shape index (κ1) is 11.6. The summed E-state index contributed by atoms with van der Waals surface area (Å²) in [6.45, 7) is 8.02. The van der Waals surface area contributed by atoms with Crippen LogP contribution in [0.15, 0.2) is 5.38 Å². The van der Waals surface area contributed by atoms with E-state index < -0.39 is 5.60 Å². The molecule has 1 atom stereocenters. The fraction of sp³-hybridized carbons (Fsp3) is 0.700. The number of rotatable bonds is 2. The van der Waals surface area contributed by atoms with Gasteiger partial charge in [-0.2, -0.15) is 0 Å². The van der Waals surface area contributed by atoms with Gasteiger partial charge in [0.15, 0.2) is 0 Å². The molecule has 3 nitrogen and oxygen atoms in total. The van der Waals surface area contributed by atoms with E-state index in [9.17, 15) is 5.11 Å². The Labute approximate surface area is 89.0 Å². The lowest BCUT2D eigenvalue weighted by Crippen LogP contribution is -2.46. The molecule has 0 spiro atoms. The summed E-state index contributed by atoms with van der Waals surface area (Å²) in [5.74, 6) is 0. The first-order valence-electron chi connectivity index (χ1n) is 4.66. The summed E-state index contributed by atoms with van der Waals surface area (Å²) in [6.07, 6.45) is 0. The summed E-state index contributed by atoms with van der Waals surface area (Å²) >= 11 is 1.54. The molecule has 0 aliphatic carbocycles. The van der Waals surface area contributed by atoms with Crippen LogP contribution in [0.2, 0.25) is 0 Å². The van der Waals surface area contributed by atoms with Crippen molar-refractivity contribution < 1.29 is 5.11 Å². The molecule has 4 heteroatoms. The number of aromatic nitrogens is 1. The van der Waals surface area contributed by atoms with Crippen molar-refractivity contribution in [3.8, 4) is 0 Å². The van der Waals surface area contributed by atoms with E-state index in [1.807, 2.05) is 33.1 Å². The second kappa shape index (κ2) is 3.61. The molecule has 1 unspecified atom stereocenters. The first-order chi connectivity index (χ1) is 6.31. The number of thiazole rings is 1. The van der Waals surface area contributed by atoms with E-state index in [0.717, 1.165) is 5.01 Å². The Hall–Kier alpha value is -0.450. The van der Waals surface area contributed by atoms with Crippen LogP contribution in [0.4, 0.5) is 0 Å². The van der Waals surface area contributed by atoms with Crippen molar-refractivity contribution in [2.45, 2.75) is 33.3 Å². The van der Waals surface area contributed by atoms with Crippen molar-refractivity contribution in [3.05, 3.63) is 16.1 Å². The highest BCUT2D eigenvalue weighted by Crippen LogP contribution is 2.38. The minimum atomic E-state index is -1.03. The van der Waals surface area contributed by atoms with Crippen LogP contribution in [-0.2, 0) is 5.60 Å². The van der Waals surface area contributed by atoms with E-state index in [1.165, 1.54) is 11.3 Å². The Morgan fingerprint density at radius 2 is 2.07 bits per heavy atom. The molecule has 0 aromatic carbocycles. The van der Waals surface area contributed by atoms with Crippen LogP contribution in [-0.4, -0.2) is 16.6 Å². The van der Waals surface area contributed by atoms with Crippen molar-refractivity contribution in [2.75, 3.05) is 6.54 Å². The van der Waals surface area contributed by atoms with Crippen molar-refractivity contribution in [3.63, 3.8) is 0 Å². The van der Waals surface area contributed by atoms with E-state index in [1.54, 1.807) is 0 Å². The fourth-order valence-corrected chi connectivity index (χ4v) is 2.03. The van der Waals surface area contributed by atoms with Crippen LogP contribution in [0.5, 0.6) is 0 Å². The van der Waals surface area contributed by atoms with Gasteiger partial charge in [-0.3, -0.25) is 0 Å². The highest BCUT2D eigenvalue weighted by molar-refractivity contribution is 7.09. The molecule has 0 saturated carbocycles. The van der Waals surface area contributed by atoms with Crippen molar-refractivity contribution in [1.82, 2.24) is 4.98 Å². The summed E-state index contributed by atoms with van der Waals surface area (Å²) in [5, 5.41) is 13.3. The average Bonchev–Trinajstić information content (AvgIpc) is 2.48. The summed E-state index contributed by atoms with van der Waals surface area (Å²) in [5.41, 5.74) is 5.01. The van der Waals surface area contributed by atoms with Gasteiger partial charge in [-0.25, -0.2) is 4.98 Å². The number of aryl methyl sites for hydroxylation is 1. The van der Waals surface area contributed by atoms with Crippen LogP contribution in [0.1, 0.15) is 31.5 Å². The SMILES string of the molecule is Cc1nc(C(O)(CN)C(C)(C)C)cs1. The predicted octanol–water partition coefficient (Wildman–Crippen LogP) is 1.64. The summed E-state index contributed by atoms with van der Waals surface area (Å²) in [7, 11) is 0. The Morgan fingerprint density at radius 3 is 2.36 bits per heavy atom. The topological polar surface area (TPSA) is 59.1 Å². The molecule has 0 fully saturated rings. The Balaban J connectivity index is 3.14. The average molecular weight is 214 g/mol. The van der Waals surface area contributed by atoms with Crippen molar-refractivity contribution in [2.24, 2.45) is 11.1 Å². The molecule has 0 aliphatic heterocycles. The highest BCUT2D eigenvalue weighted by Gasteiger charge is 2.42. The van der Waals surface area contributed by atoms with Crippen LogP contribution < -0.4 is 5.73 Å². The molecule has 3 N–H and O–H groups in total. The second-order valence-electron chi connectivity index (χ2n) is 4.57. The smallest absolute Gasteiger partial charge is 0.124 e. The highest BCUT2D eigenvalue weighted by atomic mass is 32.1.